The Morgan fingerprint density at radius 2 is 2.12 bits per heavy atom. The molecule has 0 aromatic rings. The van der Waals surface area contributed by atoms with Crippen molar-refractivity contribution in [3.05, 3.63) is 0 Å². The van der Waals surface area contributed by atoms with Crippen LogP contribution in [0.2, 0.25) is 0 Å². The number of amides is 1. The summed E-state index contributed by atoms with van der Waals surface area (Å²) in [6.45, 7) is 7.64. The fourth-order valence-corrected chi connectivity index (χ4v) is 1.36. The minimum atomic E-state index is -0.220. The molecule has 0 saturated heterocycles. The lowest BCUT2D eigenvalue weighted by molar-refractivity contribution is -0.120. The van der Waals surface area contributed by atoms with Crippen molar-refractivity contribution < 1.29 is 10.0 Å². The molecule has 6 heteroatoms. The number of carbonyl (C=O) groups is 1. The van der Waals surface area contributed by atoms with Gasteiger partial charge in [-0.3, -0.25) is 4.79 Å². The first-order valence-corrected chi connectivity index (χ1v) is 5.59. The maximum Gasteiger partial charge on any atom is 0.227 e. The van der Waals surface area contributed by atoms with Gasteiger partial charge in [0.05, 0.1) is 6.42 Å². The predicted octanol–water partition coefficient (Wildman–Crippen LogP) is -0.0290. The zero-order chi connectivity index (χ0) is 12.4. The number of nitrogens with one attached hydrogen (secondary N) is 1. The summed E-state index contributed by atoms with van der Waals surface area (Å²) in [6.07, 6.45) is 1.04. The Morgan fingerprint density at radius 1 is 1.44 bits per heavy atom. The summed E-state index contributed by atoms with van der Waals surface area (Å²) in [7, 11) is 0. The second-order valence-corrected chi connectivity index (χ2v) is 3.55. The number of rotatable bonds is 8. The van der Waals surface area contributed by atoms with Crippen LogP contribution < -0.4 is 11.1 Å². The number of amidine groups is 1. The highest BCUT2D eigenvalue weighted by Crippen LogP contribution is 1.89. The van der Waals surface area contributed by atoms with Gasteiger partial charge in [-0.2, -0.15) is 0 Å². The van der Waals surface area contributed by atoms with Crippen LogP contribution in [0.3, 0.4) is 0 Å². The lowest BCUT2D eigenvalue weighted by Gasteiger charge is -2.19. The van der Waals surface area contributed by atoms with E-state index in [0.29, 0.717) is 6.54 Å². The molecule has 0 aliphatic heterocycles. The van der Waals surface area contributed by atoms with E-state index in [9.17, 15) is 4.79 Å². The molecule has 0 fully saturated rings. The normalized spacial score (nSPS) is 11.8. The maximum atomic E-state index is 11.2. The van der Waals surface area contributed by atoms with Crippen LogP contribution in [-0.4, -0.2) is 48.0 Å². The summed E-state index contributed by atoms with van der Waals surface area (Å²) in [5.41, 5.74) is 5.21. The highest BCUT2D eigenvalue weighted by atomic mass is 16.4. The van der Waals surface area contributed by atoms with E-state index < -0.39 is 0 Å². The minimum absolute atomic E-state index is 0.0591. The number of nitrogens with two attached hydrogens (primary N) is 1. The third kappa shape index (κ3) is 7.05. The Hall–Kier alpha value is -1.30. The van der Waals surface area contributed by atoms with Gasteiger partial charge in [0.15, 0.2) is 0 Å². The second-order valence-electron chi connectivity index (χ2n) is 3.55. The van der Waals surface area contributed by atoms with Crippen LogP contribution in [0.15, 0.2) is 5.16 Å². The lowest BCUT2D eigenvalue weighted by atomic mass is 10.3. The van der Waals surface area contributed by atoms with Crippen LogP contribution in [-0.2, 0) is 4.79 Å². The molecule has 0 aromatic carbocycles. The van der Waals surface area contributed by atoms with Crippen LogP contribution in [0, 0.1) is 0 Å². The molecule has 0 unspecified atom stereocenters. The molecule has 94 valence electrons. The van der Waals surface area contributed by atoms with E-state index in [1.807, 2.05) is 0 Å². The SMILES string of the molecule is CCCN(CC)CCNC(=O)CC(N)=NO. The topological polar surface area (TPSA) is 91.0 Å². The first-order valence-electron chi connectivity index (χ1n) is 5.59. The van der Waals surface area contributed by atoms with E-state index >= 15 is 0 Å². The summed E-state index contributed by atoms with van der Waals surface area (Å²) in [5.74, 6) is -0.291. The quantitative estimate of drug-likeness (QED) is 0.236. The number of hydrogen-bond acceptors (Lipinski definition) is 4. The number of nitrogens with zero attached hydrogens (tertiary/aromatic N) is 2. The van der Waals surface area contributed by atoms with Crippen molar-refractivity contribution in [2.75, 3.05) is 26.2 Å². The molecule has 0 heterocycles. The van der Waals surface area contributed by atoms with Gasteiger partial charge in [0, 0.05) is 13.1 Å². The van der Waals surface area contributed by atoms with E-state index in [1.54, 1.807) is 0 Å². The molecule has 0 saturated carbocycles. The van der Waals surface area contributed by atoms with Gasteiger partial charge in [0.25, 0.3) is 0 Å². The van der Waals surface area contributed by atoms with Crippen LogP contribution in [0.1, 0.15) is 26.7 Å². The number of likely N-dealkylation sites (N-methyl/N-ethyl adjacent to an activating group) is 1. The Bertz CT molecular complexity index is 231. The van der Waals surface area contributed by atoms with Crippen LogP contribution in [0.4, 0.5) is 0 Å². The smallest absolute Gasteiger partial charge is 0.227 e. The van der Waals surface area contributed by atoms with Gasteiger partial charge in [-0.25, -0.2) is 0 Å². The van der Waals surface area contributed by atoms with E-state index in [0.717, 1.165) is 26.1 Å². The summed E-state index contributed by atoms with van der Waals surface area (Å²) in [6, 6.07) is 0. The van der Waals surface area contributed by atoms with Crippen molar-refractivity contribution in [1.29, 1.82) is 0 Å². The molecule has 0 spiro atoms. The van der Waals surface area contributed by atoms with Gasteiger partial charge >= 0.3 is 0 Å². The summed E-state index contributed by atoms with van der Waals surface area (Å²) in [4.78, 5) is 13.5. The lowest BCUT2D eigenvalue weighted by Crippen LogP contribution is -2.36. The maximum absolute atomic E-state index is 11.2. The Kier molecular flexibility index (Phi) is 8.24. The van der Waals surface area contributed by atoms with Gasteiger partial charge < -0.3 is 21.2 Å². The molecule has 0 aromatic heterocycles. The molecular formula is C10H22N4O2. The summed E-state index contributed by atoms with van der Waals surface area (Å²) in [5, 5.41) is 13.7. The average Bonchev–Trinajstić information content (AvgIpc) is 2.27. The monoisotopic (exact) mass is 230 g/mol. The van der Waals surface area contributed by atoms with Gasteiger partial charge in [-0.1, -0.05) is 19.0 Å². The van der Waals surface area contributed by atoms with Crippen molar-refractivity contribution in [2.24, 2.45) is 10.9 Å². The van der Waals surface area contributed by atoms with Crippen LogP contribution in [0.5, 0.6) is 0 Å². The molecule has 0 atom stereocenters. The molecule has 4 N–H and O–H groups in total. The Labute approximate surface area is 96.5 Å². The van der Waals surface area contributed by atoms with E-state index in [1.165, 1.54) is 0 Å². The van der Waals surface area contributed by atoms with Gasteiger partial charge in [-0.15, -0.1) is 0 Å². The van der Waals surface area contributed by atoms with Crippen LogP contribution in [0.25, 0.3) is 0 Å². The molecule has 16 heavy (non-hydrogen) atoms. The van der Waals surface area contributed by atoms with Gasteiger partial charge in [-0.05, 0) is 19.5 Å². The standard InChI is InChI=1S/C10H22N4O2/c1-3-6-14(4-2)7-5-12-10(15)8-9(11)13-16/h16H,3-8H2,1-2H3,(H2,11,13)(H,12,15). The third-order valence-electron chi connectivity index (χ3n) is 2.21. The molecule has 6 nitrogen and oxygen atoms in total. The highest BCUT2D eigenvalue weighted by Gasteiger charge is 2.05. The van der Waals surface area contributed by atoms with Crippen molar-refractivity contribution >= 4 is 11.7 Å². The van der Waals surface area contributed by atoms with E-state index in [2.05, 4.69) is 29.2 Å². The van der Waals surface area contributed by atoms with Crippen molar-refractivity contribution in [3.63, 3.8) is 0 Å². The first kappa shape index (κ1) is 14.7. The fourth-order valence-electron chi connectivity index (χ4n) is 1.36. The Balaban J connectivity index is 3.67. The molecule has 0 bridgehead atoms. The molecule has 1 amide bonds. The fraction of sp³-hybridized carbons (Fsp3) is 0.800. The van der Waals surface area contributed by atoms with Gasteiger partial charge in [0.2, 0.25) is 5.91 Å². The van der Waals surface area contributed by atoms with E-state index in [4.69, 9.17) is 10.9 Å². The predicted molar refractivity (Wildman–Crippen MR) is 63.4 cm³/mol. The van der Waals surface area contributed by atoms with Crippen LogP contribution >= 0.6 is 0 Å². The molecule has 0 rings (SSSR count). The number of carbonyl (C=O) groups excluding carboxylic acids is 1. The summed E-state index contributed by atoms with van der Waals surface area (Å²) >= 11 is 0. The third-order valence-corrected chi connectivity index (χ3v) is 2.21. The minimum Gasteiger partial charge on any atom is -0.409 e. The highest BCUT2D eigenvalue weighted by molar-refractivity contribution is 5.98. The van der Waals surface area contributed by atoms with E-state index in [-0.39, 0.29) is 18.2 Å². The van der Waals surface area contributed by atoms with Crippen molar-refractivity contribution in [3.8, 4) is 0 Å². The first-order chi connectivity index (χ1) is 7.63. The molecule has 0 radical (unpaired) electrons. The molecular weight excluding hydrogens is 208 g/mol. The second kappa shape index (κ2) is 8.96. The Morgan fingerprint density at radius 3 is 2.62 bits per heavy atom. The van der Waals surface area contributed by atoms with Crippen molar-refractivity contribution in [1.82, 2.24) is 10.2 Å². The molecule has 0 aliphatic carbocycles. The zero-order valence-corrected chi connectivity index (χ0v) is 10.1. The average molecular weight is 230 g/mol. The molecule has 0 aliphatic rings. The largest absolute Gasteiger partial charge is 0.409 e. The van der Waals surface area contributed by atoms with Gasteiger partial charge in [0.1, 0.15) is 5.84 Å². The zero-order valence-electron chi connectivity index (χ0n) is 10.1. The number of hydrogen-bond donors (Lipinski definition) is 3. The number of oxime groups is 1. The van der Waals surface area contributed by atoms with Crippen molar-refractivity contribution in [2.45, 2.75) is 26.7 Å². The summed E-state index contributed by atoms with van der Waals surface area (Å²) < 4.78 is 0.